The number of ketones is 2. The van der Waals surface area contributed by atoms with Crippen molar-refractivity contribution in [3.63, 3.8) is 0 Å². The van der Waals surface area contributed by atoms with Crippen LogP contribution in [-0.2, 0) is 0 Å². The Morgan fingerprint density at radius 3 is 2.19 bits per heavy atom. The maximum Gasteiger partial charge on any atom is 0.189 e. The number of hydrogen-bond donors (Lipinski definition) is 2. The molecule has 0 aliphatic carbocycles. The van der Waals surface area contributed by atoms with Gasteiger partial charge in [0.25, 0.3) is 0 Å². The van der Waals surface area contributed by atoms with Crippen LogP contribution in [0.3, 0.4) is 0 Å². The average molecular weight is 282 g/mol. The van der Waals surface area contributed by atoms with Crippen LogP contribution in [0.15, 0.2) is 48.5 Å². The Bertz CT molecular complexity index is 715. The monoisotopic (exact) mass is 282 g/mol. The molecule has 0 spiro atoms. The first-order valence-corrected chi connectivity index (χ1v) is 6.33. The number of carbonyl (C=O) groups excluding carboxylic acids is 2. The molecular weight excluding hydrogens is 268 g/mol. The fourth-order valence-electron chi connectivity index (χ4n) is 1.88. The van der Waals surface area contributed by atoms with E-state index in [1.807, 2.05) is 30.3 Å². The van der Waals surface area contributed by atoms with Gasteiger partial charge in [-0.25, -0.2) is 0 Å². The third-order valence-electron chi connectivity index (χ3n) is 2.99. The summed E-state index contributed by atoms with van der Waals surface area (Å²) in [7, 11) is 0. The van der Waals surface area contributed by atoms with Crippen LogP contribution in [0.5, 0.6) is 11.5 Å². The lowest BCUT2D eigenvalue weighted by molar-refractivity contribution is 0.101. The van der Waals surface area contributed by atoms with E-state index in [1.165, 1.54) is 19.1 Å². The highest BCUT2D eigenvalue weighted by molar-refractivity contribution is 6.10. The molecule has 21 heavy (non-hydrogen) atoms. The van der Waals surface area contributed by atoms with Gasteiger partial charge in [0.1, 0.15) is 11.5 Å². The number of allylic oxidation sites excluding steroid dienone is 1. The molecule has 4 heteroatoms. The van der Waals surface area contributed by atoms with Crippen LogP contribution < -0.4 is 0 Å². The van der Waals surface area contributed by atoms with E-state index >= 15 is 0 Å². The summed E-state index contributed by atoms with van der Waals surface area (Å²) in [6.07, 6.45) is 2.92. The normalized spacial score (nSPS) is 10.7. The summed E-state index contributed by atoms with van der Waals surface area (Å²) in [6, 6.07) is 11.4. The van der Waals surface area contributed by atoms with Gasteiger partial charge in [-0.15, -0.1) is 0 Å². The summed E-state index contributed by atoms with van der Waals surface area (Å²) in [5.74, 6) is -1.53. The fourth-order valence-corrected chi connectivity index (χ4v) is 1.88. The minimum atomic E-state index is -0.446. The molecule has 0 bridgehead atoms. The fraction of sp³-hybridized carbons (Fsp3) is 0.0588. The standard InChI is InChI=1S/C17H14O4/c1-11(18)13-9-14(17(21)10-16(13)20)15(19)8-7-12-5-3-2-4-6-12/h2-10,20-21H,1H3/b8-7-. The quantitative estimate of drug-likeness (QED) is 0.667. The van der Waals surface area contributed by atoms with Crippen LogP contribution in [-0.4, -0.2) is 21.8 Å². The molecule has 0 heterocycles. The van der Waals surface area contributed by atoms with Crippen molar-refractivity contribution in [1.82, 2.24) is 0 Å². The van der Waals surface area contributed by atoms with Crippen LogP contribution in [0.1, 0.15) is 33.2 Å². The molecule has 2 rings (SSSR count). The molecule has 2 aromatic carbocycles. The second kappa shape index (κ2) is 6.05. The molecule has 0 saturated carbocycles. The molecule has 0 unspecified atom stereocenters. The van der Waals surface area contributed by atoms with Gasteiger partial charge in [0, 0.05) is 6.07 Å². The first-order valence-electron chi connectivity index (χ1n) is 6.33. The van der Waals surface area contributed by atoms with Gasteiger partial charge in [-0.3, -0.25) is 9.59 Å². The van der Waals surface area contributed by atoms with Gasteiger partial charge in [0.2, 0.25) is 0 Å². The van der Waals surface area contributed by atoms with E-state index in [0.29, 0.717) is 0 Å². The Labute approximate surface area is 122 Å². The molecule has 0 radical (unpaired) electrons. The number of Topliss-reactive ketones (excluding diaryl/α,β-unsaturated/α-hetero) is 1. The third kappa shape index (κ3) is 3.36. The lowest BCUT2D eigenvalue weighted by Gasteiger charge is -2.06. The smallest absolute Gasteiger partial charge is 0.189 e. The number of carbonyl (C=O) groups is 2. The second-order valence-electron chi connectivity index (χ2n) is 4.55. The molecule has 106 valence electrons. The molecule has 4 nitrogen and oxygen atoms in total. The molecule has 0 aromatic heterocycles. The van der Waals surface area contributed by atoms with Gasteiger partial charge >= 0.3 is 0 Å². The van der Waals surface area contributed by atoms with Gasteiger partial charge < -0.3 is 10.2 Å². The van der Waals surface area contributed by atoms with Crippen molar-refractivity contribution >= 4 is 17.6 Å². The predicted molar refractivity (Wildman–Crippen MR) is 79.6 cm³/mol. The zero-order valence-corrected chi connectivity index (χ0v) is 11.4. The molecule has 0 amide bonds. The molecular formula is C17H14O4. The van der Waals surface area contributed by atoms with Crippen molar-refractivity contribution in [2.24, 2.45) is 0 Å². The zero-order valence-electron chi connectivity index (χ0n) is 11.4. The van der Waals surface area contributed by atoms with Crippen molar-refractivity contribution in [2.75, 3.05) is 0 Å². The summed E-state index contributed by atoms with van der Waals surface area (Å²) in [6.45, 7) is 1.28. The maximum atomic E-state index is 12.1. The molecule has 2 N–H and O–H groups in total. The SMILES string of the molecule is CC(=O)c1cc(C(=O)/C=C\c2ccccc2)c(O)cc1O. The van der Waals surface area contributed by atoms with Gasteiger partial charge in [-0.2, -0.15) is 0 Å². The van der Waals surface area contributed by atoms with Crippen LogP contribution in [0.4, 0.5) is 0 Å². The summed E-state index contributed by atoms with van der Waals surface area (Å²) in [5.41, 5.74) is 0.824. The first kappa shape index (κ1) is 14.5. The Morgan fingerprint density at radius 1 is 0.952 bits per heavy atom. The number of benzene rings is 2. The van der Waals surface area contributed by atoms with E-state index < -0.39 is 5.78 Å². The largest absolute Gasteiger partial charge is 0.507 e. The molecule has 0 atom stereocenters. The van der Waals surface area contributed by atoms with Gasteiger partial charge in [0.15, 0.2) is 11.6 Å². The second-order valence-corrected chi connectivity index (χ2v) is 4.55. The lowest BCUT2D eigenvalue weighted by atomic mass is 10.0. The van der Waals surface area contributed by atoms with Crippen LogP contribution in [0.25, 0.3) is 6.08 Å². The van der Waals surface area contributed by atoms with Crippen LogP contribution >= 0.6 is 0 Å². The zero-order chi connectivity index (χ0) is 15.4. The summed E-state index contributed by atoms with van der Waals surface area (Å²) >= 11 is 0. The number of phenols is 2. The van der Waals surface area contributed by atoms with Gasteiger partial charge in [-0.1, -0.05) is 36.4 Å². The number of aromatic hydroxyl groups is 2. The molecule has 0 aliphatic heterocycles. The van der Waals surface area contributed by atoms with Crippen molar-refractivity contribution < 1.29 is 19.8 Å². The van der Waals surface area contributed by atoms with E-state index in [9.17, 15) is 19.8 Å². The van der Waals surface area contributed by atoms with Crippen molar-refractivity contribution in [3.05, 3.63) is 65.2 Å². The Morgan fingerprint density at radius 2 is 1.57 bits per heavy atom. The van der Waals surface area contributed by atoms with E-state index in [2.05, 4.69) is 0 Å². The van der Waals surface area contributed by atoms with E-state index in [4.69, 9.17) is 0 Å². The number of phenolic OH excluding ortho intramolecular Hbond substituents is 2. The predicted octanol–water partition coefficient (Wildman–Crippen LogP) is 3.20. The molecule has 0 fully saturated rings. The highest BCUT2D eigenvalue weighted by atomic mass is 16.3. The summed E-state index contributed by atoms with van der Waals surface area (Å²) < 4.78 is 0. The Hall–Kier alpha value is -2.88. The van der Waals surface area contributed by atoms with E-state index in [-0.39, 0.29) is 28.4 Å². The topological polar surface area (TPSA) is 74.6 Å². The molecule has 0 aliphatic rings. The maximum absolute atomic E-state index is 12.1. The third-order valence-corrected chi connectivity index (χ3v) is 2.99. The van der Waals surface area contributed by atoms with Crippen LogP contribution in [0, 0.1) is 0 Å². The average Bonchev–Trinajstić information content (AvgIpc) is 2.45. The lowest BCUT2D eigenvalue weighted by Crippen LogP contribution is -2.00. The number of rotatable bonds is 4. The van der Waals surface area contributed by atoms with Crippen LogP contribution in [0.2, 0.25) is 0 Å². The molecule has 2 aromatic rings. The van der Waals surface area contributed by atoms with E-state index in [0.717, 1.165) is 11.6 Å². The van der Waals surface area contributed by atoms with E-state index in [1.54, 1.807) is 6.08 Å². The minimum Gasteiger partial charge on any atom is -0.507 e. The van der Waals surface area contributed by atoms with Crippen molar-refractivity contribution in [1.29, 1.82) is 0 Å². The minimum absolute atomic E-state index is 0.00395. The van der Waals surface area contributed by atoms with Gasteiger partial charge in [-0.05, 0) is 24.6 Å². The summed E-state index contributed by atoms with van der Waals surface area (Å²) in [5, 5.41) is 19.3. The highest BCUT2D eigenvalue weighted by Crippen LogP contribution is 2.28. The Kier molecular flexibility index (Phi) is 4.18. The Balaban J connectivity index is 2.33. The van der Waals surface area contributed by atoms with Gasteiger partial charge in [0.05, 0.1) is 11.1 Å². The molecule has 0 saturated heterocycles. The number of hydrogen-bond acceptors (Lipinski definition) is 4. The summed E-state index contributed by atoms with van der Waals surface area (Å²) in [4.78, 5) is 23.4. The van der Waals surface area contributed by atoms with Crippen molar-refractivity contribution in [2.45, 2.75) is 6.92 Å². The first-order chi connectivity index (χ1) is 9.99. The van der Waals surface area contributed by atoms with Crippen molar-refractivity contribution in [3.8, 4) is 11.5 Å². The highest BCUT2D eigenvalue weighted by Gasteiger charge is 2.15.